The average Bonchev–Trinajstić information content (AvgIpc) is 3.85. The molecule has 11 rings (SSSR count). The summed E-state index contributed by atoms with van der Waals surface area (Å²) in [5, 5.41) is 6.39. The summed E-state index contributed by atoms with van der Waals surface area (Å²) in [6.07, 6.45) is 0. The summed E-state index contributed by atoms with van der Waals surface area (Å²) in [4.78, 5) is 20.1. The van der Waals surface area contributed by atoms with E-state index >= 15 is 0 Å². The van der Waals surface area contributed by atoms with Gasteiger partial charge in [-0.1, -0.05) is 121 Å². The van der Waals surface area contributed by atoms with Crippen LogP contribution in [-0.2, 0) is 0 Å². The third-order valence-electron chi connectivity index (χ3n) is 10.2. The van der Waals surface area contributed by atoms with E-state index in [1.165, 1.54) is 5.39 Å². The van der Waals surface area contributed by atoms with E-state index in [1.807, 2.05) is 72.8 Å². The summed E-state index contributed by atoms with van der Waals surface area (Å²) in [5.41, 5.74) is 8.96. The van der Waals surface area contributed by atoms with Gasteiger partial charge in [0.15, 0.2) is 23.1 Å². The molecule has 0 aliphatic carbocycles. The lowest BCUT2D eigenvalue weighted by Crippen LogP contribution is -2.00. The maximum absolute atomic E-state index is 6.47. The molecule has 0 aliphatic heterocycles. The second-order valence-corrected chi connectivity index (χ2v) is 13.4. The van der Waals surface area contributed by atoms with Crippen LogP contribution in [-0.4, -0.2) is 19.9 Å². The Hall–Kier alpha value is -7.44. The van der Waals surface area contributed by atoms with Crippen LogP contribution in [0.4, 0.5) is 0 Å². The third-order valence-corrected chi connectivity index (χ3v) is 10.2. The van der Waals surface area contributed by atoms with Crippen molar-refractivity contribution in [1.82, 2.24) is 19.9 Å². The largest absolute Gasteiger partial charge is 0.456 e. The first kappa shape index (κ1) is 30.2. The smallest absolute Gasteiger partial charge is 0.227 e. The molecule has 0 aliphatic rings. The highest BCUT2D eigenvalue weighted by atomic mass is 16.4. The average molecular weight is 693 g/mol. The third kappa shape index (κ3) is 4.96. The monoisotopic (exact) mass is 692 g/mol. The van der Waals surface area contributed by atoms with Gasteiger partial charge in [-0.2, -0.15) is 0 Å². The number of furan rings is 1. The van der Waals surface area contributed by atoms with Crippen LogP contribution >= 0.6 is 0 Å². The number of oxazole rings is 1. The van der Waals surface area contributed by atoms with Crippen molar-refractivity contribution in [3.05, 3.63) is 170 Å². The fourth-order valence-electron chi connectivity index (χ4n) is 7.54. The lowest BCUT2D eigenvalue weighted by molar-refractivity contribution is 0.619. The molecule has 0 N–H and O–H groups in total. The molecule has 0 saturated heterocycles. The van der Waals surface area contributed by atoms with E-state index in [1.54, 1.807) is 0 Å². The Labute approximate surface area is 309 Å². The number of hydrogen-bond donors (Lipinski definition) is 0. The van der Waals surface area contributed by atoms with Crippen molar-refractivity contribution in [2.75, 3.05) is 0 Å². The van der Waals surface area contributed by atoms with Crippen molar-refractivity contribution in [2.24, 2.45) is 0 Å². The van der Waals surface area contributed by atoms with Crippen molar-refractivity contribution < 1.29 is 8.83 Å². The molecule has 0 atom stereocenters. The highest BCUT2D eigenvalue weighted by molar-refractivity contribution is 6.17. The second kappa shape index (κ2) is 12.1. The molecule has 11 aromatic rings. The van der Waals surface area contributed by atoms with Gasteiger partial charge in [0.1, 0.15) is 16.7 Å². The van der Waals surface area contributed by atoms with Crippen LogP contribution in [0.3, 0.4) is 0 Å². The van der Waals surface area contributed by atoms with E-state index in [0.29, 0.717) is 23.4 Å². The maximum Gasteiger partial charge on any atom is 0.227 e. The number of fused-ring (bicyclic) bond motifs is 7. The van der Waals surface area contributed by atoms with E-state index in [4.69, 9.17) is 28.8 Å². The summed E-state index contributed by atoms with van der Waals surface area (Å²) in [5.74, 6) is 2.47. The summed E-state index contributed by atoms with van der Waals surface area (Å²) in [6.45, 7) is 0. The van der Waals surface area contributed by atoms with Crippen LogP contribution in [0.25, 0.3) is 111 Å². The minimum absolute atomic E-state index is 0.592. The predicted octanol–water partition coefficient (Wildman–Crippen LogP) is 12.6. The number of rotatable bonds is 5. The van der Waals surface area contributed by atoms with Crippen LogP contribution in [0.1, 0.15) is 0 Å². The van der Waals surface area contributed by atoms with Crippen LogP contribution in [0.2, 0.25) is 0 Å². The fourth-order valence-corrected chi connectivity index (χ4v) is 7.54. The van der Waals surface area contributed by atoms with Gasteiger partial charge in [-0.25, -0.2) is 19.9 Å². The molecule has 0 fully saturated rings. The van der Waals surface area contributed by atoms with Gasteiger partial charge in [-0.3, -0.25) is 0 Å². The molecule has 0 amide bonds. The second-order valence-electron chi connectivity index (χ2n) is 13.4. The first-order valence-electron chi connectivity index (χ1n) is 17.9. The van der Waals surface area contributed by atoms with Crippen molar-refractivity contribution in [2.45, 2.75) is 0 Å². The van der Waals surface area contributed by atoms with Gasteiger partial charge in [-0.05, 0) is 81.2 Å². The molecule has 0 unspecified atom stereocenters. The Morgan fingerprint density at radius 1 is 0.333 bits per heavy atom. The molecule has 0 saturated carbocycles. The van der Waals surface area contributed by atoms with Crippen LogP contribution in [0, 0.1) is 0 Å². The molecule has 54 heavy (non-hydrogen) atoms. The first-order chi connectivity index (χ1) is 26.7. The Morgan fingerprint density at radius 2 is 0.963 bits per heavy atom. The summed E-state index contributed by atoms with van der Waals surface area (Å²) < 4.78 is 12.7. The molecular weight excluding hydrogens is 665 g/mol. The van der Waals surface area contributed by atoms with Gasteiger partial charge in [0.05, 0.1) is 5.39 Å². The van der Waals surface area contributed by atoms with Gasteiger partial charge in [0.25, 0.3) is 0 Å². The lowest BCUT2D eigenvalue weighted by atomic mass is 9.94. The van der Waals surface area contributed by atoms with E-state index in [-0.39, 0.29) is 0 Å². The summed E-state index contributed by atoms with van der Waals surface area (Å²) >= 11 is 0. The Bertz CT molecular complexity index is 3220. The van der Waals surface area contributed by atoms with Gasteiger partial charge in [0.2, 0.25) is 5.89 Å². The number of aromatic nitrogens is 4. The van der Waals surface area contributed by atoms with E-state index in [0.717, 1.165) is 82.6 Å². The van der Waals surface area contributed by atoms with Crippen LogP contribution < -0.4 is 0 Å². The molecule has 252 valence electrons. The summed E-state index contributed by atoms with van der Waals surface area (Å²) in [6, 6.07) is 57.8. The standard InChI is InChI=1S/C48H28N4O2/c1-3-12-30(13-4-1)45-50-46(34-20-19-29-11-7-8-16-32(29)27-34)52-47(51-45)38-24-23-35(36-17-9-10-18-37(36)38)33-21-22-39-42(28-33)53-40-25-26-41-44(43(39)40)49-48(54-41)31-14-5-2-6-15-31/h1-28H. The highest BCUT2D eigenvalue weighted by Gasteiger charge is 2.19. The maximum atomic E-state index is 6.47. The summed E-state index contributed by atoms with van der Waals surface area (Å²) in [7, 11) is 0. The molecule has 6 heteroatoms. The van der Waals surface area contributed by atoms with E-state index in [9.17, 15) is 0 Å². The molecule has 3 aromatic heterocycles. The fraction of sp³-hybridized carbons (Fsp3) is 0. The number of nitrogens with zero attached hydrogens (tertiary/aromatic N) is 4. The normalized spacial score (nSPS) is 11.7. The highest BCUT2D eigenvalue weighted by Crippen LogP contribution is 2.40. The molecule has 0 radical (unpaired) electrons. The molecule has 6 nitrogen and oxygen atoms in total. The topological polar surface area (TPSA) is 77.8 Å². The van der Waals surface area contributed by atoms with Crippen molar-refractivity contribution in [1.29, 1.82) is 0 Å². The van der Waals surface area contributed by atoms with Gasteiger partial charge in [0, 0.05) is 27.6 Å². The van der Waals surface area contributed by atoms with Crippen molar-refractivity contribution in [3.8, 4) is 56.7 Å². The Morgan fingerprint density at radius 3 is 1.78 bits per heavy atom. The zero-order chi connectivity index (χ0) is 35.6. The predicted molar refractivity (Wildman–Crippen MR) is 217 cm³/mol. The van der Waals surface area contributed by atoms with Gasteiger partial charge >= 0.3 is 0 Å². The molecule has 3 heterocycles. The molecule has 0 bridgehead atoms. The van der Waals surface area contributed by atoms with Gasteiger partial charge < -0.3 is 8.83 Å². The Balaban J connectivity index is 1.05. The molecular formula is C48H28N4O2. The van der Waals surface area contributed by atoms with Gasteiger partial charge in [-0.15, -0.1) is 0 Å². The quantitative estimate of drug-likeness (QED) is 0.179. The molecule has 0 spiro atoms. The lowest BCUT2D eigenvalue weighted by Gasteiger charge is -2.13. The Kier molecular flexibility index (Phi) is 6.75. The number of benzene rings is 8. The van der Waals surface area contributed by atoms with Crippen molar-refractivity contribution in [3.63, 3.8) is 0 Å². The zero-order valence-corrected chi connectivity index (χ0v) is 28.8. The zero-order valence-electron chi connectivity index (χ0n) is 28.8. The van der Waals surface area contributed by atoms with E-state index < -0.39 is 0 Å². The van der Waals surface area contributed by atoms with Crippen LogP contribution in [0.15, 0.2) is 179 Å². The minimum atomic E-state index is 0.592. The number of hydrogen-bond acceptors (Lipinski definition) is 6. The van der Waals surface area contributed by atoms with E-state index in [2.05, 4.69) is 97.1 Å². The SMILES string of the molecule is c1ccc(-c2nc(-c3ccc4ccccc4c3)nc(-c3ccc(-c4ccc5c(c4)oc4ccc6oc(-c7ccccc7)nc6c45)c4ccccc34)n2)cc1. The first-order valence-corrected chi connectivity index (χ1v) is 17.9. The molecule has 8 aromatic carbocycles. The minimum Gasteiger partial charge on any atom is -0.456 e. The van der Waals surface area contributed by atoms with Crippen molar-refractivity contribution >= 4 is 54.6 Å². The van der Waals surface area contributed by atoms with Crippen LogP contribution in [0.5, 0.6) is 0 Å².